The molecule has 2 aromatic carbocycles. The smallest absolute Gasteiger partial charge is 0.124 e. The Balaban J connectivity index is 1.93. The van der Waals surface area contributed by atoms with Gasteiger partial charge in [0.1, 0.15) is 5.75 Å². The second-order valence-electron chi connectivity index (χ2n) is 7.32. The zero-order chi connectivity index (χ0) is 16.9. The quantitative estimate of drug-likeness (QED) is 0.805. The van der Waals surface area contributed by atoms with Gasteiger partial charge >= 0.3 is 0 Å². The summed E-state index contributed by atoms with van der Waals surface area (Å²) >= 11 is 0. The minimum Gasteiger partial charge on any atom is -0.491 e. The molecule has 0 spiro atoms. The van der Waals surface area contributed by atoms with E-state index in [0.717, 1.165) is 18.8 Å². The predicted octanol–water partition coefficient (Wildman–Crippen LogP) is 5.06. The molecule has 0 fully saturated rings. The molecule has 0 aliphatic carbocycles. The molecule has 0 heterocycles. The van der Waals surface area contributed by atoms with Crippen molar-refractivity contribution in [1.29, 1.82) is 0 Å². The van der Waals surface area contributed by atoms with Gasteiger partial charge in [0.25, 0.3) is 0 Å². The van der Waals surface area contributed by atoms with Gasteiger partial charge in [-0.3, -0.25) is 0 Å². The Kier molecular flexibility index (Phi) is 5.84. The molecule has 0 radical (unpaired) electrons. The first kappa shape index (κ1) is 17.6. The highest BCUT2D eigenvalue weighted by Gasteiger charge is 2.12. The summed E-state index contributed by atoms with van der Waals surface area (Å²) in [5.41, 5.74) is 4.09. The molecule has 0 unspecified atom stereocenters. The van der Waals surface area contributed by atoms with Gasteiger partial charge in [-0.1, -0.05) is 63.2 Å². The summed E-state index contributed by atoms with van der Waals surface area (Å²) in [7, 11) is 0. The van der Waals surface area contributed by atoms with Crippen molar-refractivity contribution in [2.75, 3.05) is 0 Å². The first-order valence-corrected chi connectivity index (χ1v) is 8.41. The lowest BCUT2D eigenvalue weighted by Gasteiger charge is -2.19. The number of benzene rings is 2. The van der Waals surface area contributed by atoms with E-state index < -0.39 is 0 Å². The number of hydrogen-bond donors (Lipinski definition) is 1. The van der Waals surface area contributed by atoms with E-state index in [1.165, 1.54) is 16.7 Å². The van der Waals surface area contributed by atoms with Crippen molar-refractivity contribution < 1.29 is 4.74 Å². The largest absolute Gasteiger partial charge is 0.491 e. The third kappa shape index (κ3) is 5.40. The van der Waals surface area contributed by atoms with Crippen LogP contribution >= 0.6 is 0 Å². The maximum atomic E-state index is 5.86. The SMILES string of the molecule is CC(C)Oc1ccccc1CNCc1ccc(C(C)(C)C)cc1. The van der Waals surface area contributed by atoms with Crippen LogP contribution in [0.2, 0.25) is 0 Å². The molecule has 0 amide bonds. The highest BCUT2D eigenvalue weighted by molar-refractivity contribution is 5.33. The van der Waals surface area contributed by atoms with E-state index in [1.54, 1.807) is 0 Å². The van der Waals surface area contributed by atoms with Crippen LogP contribution < -0.4 is 10.1 Å². The summed E-state index contributed by atoms with van der Waals surface area (Å²) in [5, 5.41) is 3.51. The van der Waals surface area contributed by atoms with E-state index in [1.807, 2.05) is 12.1 Å². The van der Waals surface area contributed by atoms with Crippen LogP contribution in [0.15, 0.2) is 48.5 Å². The molecule has 1 N–H and O–H groups in total. The number of hydrogen-bond acceptors (Lipinski definition) is 2. The average Bonchev–Trinajstić information content (AvgIpc) is 2.48. The Morgan fingerprint density at radius 3 is 2.17 bits per heavy atom. The second kappa shape index (κ2) is 7.65. The van der Waals surface area contributed by atoms with Gasteiger partial charge in [0.2, 0.25) is 0 Å². The number of nitrogens with one attached hydrogen (secondary N) is 1. The maximum Gasteiger partial charge on any atom is 0.124 e. The van der Waals surface area contributed by atoms with E-state index >= 15 is 0 Å². The molecule has 0 aromatic heterocycles. The molecular formula is C21H29NO. The van der Waals surface area contributed by atoms with E-state index in [0.29, 0.717) is 0 Å². The predicted molar refractivity (Wildman–Crippen MR) is 97.9 cm³/mol. The fourth-order valence-corrected chi connectivity index (χ4v) is 2.48. The van der Waals surface area contributed by atoms with E-state index in [4.69, 9.17) is 4.74 Å². The highest BCUT2D eigenvalue weighted by atomic mass is 16.5. The van der Waals surface area contributed by atoms with Crippen LogP contribution in [0.1, 0.15) is 51.3 Å². The van der Waals surface area contributed by atoms with Gasteiger partial charge in [-0.15, -0.1) is 0 Å². The van der Waals surface area contributed by atoms with Crippen molar-refractivity contribution in [2.24, 2.45) is 0 Å². The normalized spacial score (nSPS) is 11.7. The molecule has 0 atom stereocenters. The van der Waals surface area contributed by atoms with Crippen molar-refractivity contribution in [2.45, 2.75) is 59.2 Å². The first-order chi connectivity index (χ1) is 10.9. The lowest BCUT2D eigenvalue weighted by Crippen LogP contribution is -2.15. The molecule has 0 saturated heterocycles. The summed E-state index contributed by atoms with van der Waals surface area (Å²) < 4.78 is 5.86. The van der Waals surface area contributed by atoms with E-state index in [-0.39, 0.29) is 11.5 Å². The summed E-state index contributed by atoms with van der Waals surface area (Å²) in [6.45, 7) is 12.5. The van der Waals surface area contributed by atoms with Crippen molar-refractivity contribution in [1.82, 2.24) is 5.32 Å². The molecule has 2 nitrogen and oxygen atoms in total. The molecule has 2 aromatic rings. The zero-order valence-corrected chi connectivity index (χ0v) is 15.0. The van der Waals surface area contributed by atoms with Gasteiger partial charge in [0.05, 0.1) is 6.10 Å². The van der Waals surface area contributed by atoms with Crippen LogP contribution in [0.25, 0.3) is 0 Å². The Morgan fingerprint density at radius 2 is 1.57 bits per heavy atom. The second-order valence-corrected chi connectivity index (χ2v) is 7.32. The summed E-state index contributed by atoms with van der Waals surface area (Å²) in [5.74, 6) is 0.970. The van der Waals surface area contributed by atoms with E-state index in [9.17, 15) is 0 Å². The molecule has 0 aliphatic rings. The van der Waals surface area contributed by atoms with Gasteiger partial charge < -0.3 is 10.1 Å². The van der Waals surface area contributed by atoms with Crippen molar-refractivity contribution in [3.63, 3.8) is 0 Å². The molecule has 0 bridgehead atoms. The third-order valence-corrected chi connectivity index (χ3v) is 3.80. The number of para-hydroxylation sites is 1. The molecule has 2 rings (SSSR count). The molecule has 23 heavy (non-hydrogen) atoms. The molecule has 0 saturated carbocycles. The summed E-state index contributed by atoms with van der Waals surface area (Å²) in [6.07, 6.45) is 0.195. The van der Waals surface area contributed by atoms with Crippen molar-refractivity contribution in [3.05, 3.63) is 65.2 Å². The molecular weight excluding hydrogens is 282 g/mol. The van der Waals surface area contributed by atoms with Gasteiger partial charge in [0, 0.05) is 18.7 Å². The Morgan fingerprint density at radius 1 is 0.913 bits per heavy atom. The highest BCUT2D eigenvalue weighted by Crippen LogP contribution is 2.22. The lowest BCUT2D eigenvalue weighted by atomic mass is 9.87. The van der Waals surface area contributed by atoms with Crippen molar-refractivity contribution >= 4 is 0 Å². The lowest BCUT2D eigenvalue weighted by molar-refractivity contribution is 0.239. The maximum absolute atomic E-state index is 5.86. The van der Waals surface area contributed by atoms with Crippen LogP contribution in [0.5, 0.6) is 5.75 Å². The van der Waals surface area contributed by atoms with Gasteiger partial charge in [-0.25, -0.2) is 0 Å². The monoisotopic (exact) mass is 311 g/mol. The van der Waals surface area contributed by atoms with Gasteiger partial charge in [-0.2, -0.15) is 0 Å². The van der Waals surface area contributed by atoms with Crippen molar-refractivity contribution in [3.8, 4) is 5.75 Å². The fourth-order valence-electron chi connectivity index (χ4n) is 2.48. The van der Waals surface area contributed by atoms with E-state index in [2.05, 4.69) is 76.3 Å². The summed E-state index contributed by atoms with van der Waals surface area (Å²) in [4.78, 5) is 0. The topological polar surface area (TPSA) is 21.3 Å². The van der Waals surface area contributed by atoms with Gasteiger partial charge in [-0.05, 0) is 36.5 Å². The molecule has 124 valence electrons. The Bertz CT molecular complexity index is 608. The van der Waals surface area contributed by atoms with Crippen LogP contribution in [-0.4, -0.2) is 6.10 Å². The Labute approximate surface area is 140 Å². The van der Waals surface area contributed by atoms with Crippen LogP contribution in [0, 0.1) is 0 Å². The van der Waals surface area contributed by atoms with Crippen LogP contribution in [0.4, 0.5) is 0 Å². The first-order valence-electron chi connectivity index (χ1n) is 8.41. The average molecular weight is 311 g/mol. The minimum atomic E-state index is 0.195. The molecule has 0 aliphatic heterocycles. The molecule has 2 heteroatoms. The van der Waals surface area contributed by atoms with Gasteiger partial charge in [0.15, 0.2) is 0 Å². The standard InChI is InChI=1S/C21H29NO/c1-16(2)23-20-9-7-6-8-18(20)15-22-14-17-10-12-19(13-11-17)21(3,4)5/h6-13,16,22H,14-15H2,1-5H3. The minimum absolute atomic E-state index is 0.195. The third-order valence-electron chi connectivity index (χ3n) is 3.80. The van der Waals surface area contributed by atoms with Crippen LogP contribution in [-0.2, 0) is 18.5 Å². The summed E-state index contributed by atoms with van der Waals surface area (Å²) in [6, 6.07) is 17.1. The van der Waals surface area contributed by atoms with Crippen LogP contribution in [0.3, 0.4) is 0 Å². The zero-order valence-electron chi connectivity index (χ0n) is 15.0. The number of ether oxygens (including phenoxy) is 1. The number of rotatable bonds is 6. The Hall–Kier alpha value is -1.80. The fraction of sp³-hybridized carbons (Fsp3) is 0.429.